The minimum Gasteiger partial charge on any atom is -0.298 e. The molecule has 3 nitrogen and oxygen atoms in total. The lowest BCUT2D eigenvalue weighted by Crippen LogP contribution is -2.40. The van der Waals surface area contributed by atoms with Crippen molar-refractivity contribution < 1.29 is 4.79 Å². The molecule has 0 heterocycles. The van der Waals surface area contributed by atoms with Gasteiger partial charge in [0.15, 0.2) is 0 Å². The second-order valence-corrected chi connectivity index (χ2v) is 3.66. The van der Waals surface area contributed by atoms with Gasteiger partial charge in [0, 0.05) is 19.0 Å². The lowest BCUT2D eigenvalue weighted by molar-refractivity contribution is -0.121. The molecule has 72 valence electrons. The summed E-state index contributed by atoms with van der Waals surface area (Å²) in [6.07, 6.45) is 2.89. The van der Waals surface area contributed by atoms with E-state index in [-0.39, 0.29) is 11.8 Å². The van der Waals surface area contributed by atoms with Crippen molar-refractivity contribution in [2.75, 3.05) is 6.54 Å². The molecule has 0 N–H and O–H groups in total. The van der Waals surface area contributed by atoms with Crippen LogP contribution in [0.15, 0.2) is 0 Å². The van der Waals surface area contributed by atoms with E-state index in [4.69, 9.17) is 5.26 Å². The maximum atomic E-state index is 11.2. The fourth-order valence-corrected chi connectivity index (χ4v) is 1.51. The number of hydrogen-bond donors (Lipinski definition) is 0. The molecule has 1 saturated carbocycles. The molecule has 0 amide bonds. The van der Waals surface area contributed by atoms with Crippen LogP contribution in [0.5, 0.6) is 0 Å². The monoisotopic (exact) mass is 180 g/mol. The highest BCUT2D eigenvalue weighted by atomic mass is 16.1. The third kappa shape index (κ3) is 2.82. The highest BCUT2D eigenvalue weighted by molar-refractivity contribution is 5.81. The number of ketones is 1. The molecule has 1 aliphatic carbocycles. The summed E-state index contributed by atoms with van der Waals surface area (Å²) >= 11 is 0. The van der Waals surface area contributed by atoms with Gasteiger partial charge < -0.3 is 0 Å². The van der Waals surface area contributed by atoms with Crippen molar-refractivity contribution >= 4 is 5.78 Å². The molecule has 1 aliphatic rings. The fourth-order valence-electron chi connectivity index (χ4n) is 1.51. The highest BCUT2D eigenvalue weighted by Gasteiger charge is 2.33. The van der Waals surface area contributed by atoms with Gasteiger partial charge in [-0.05, 0) is 26.7 Å². The van der Waals surface area contributed by atoms with Crippen LogP contribution in [0.1, 0.15) is 33.1 Å². The quantitative estimate of drug-likeness (QED) is 0.641. The summed E-state index contributed by atoms with van der Waals surface area (Å²) in [7, 11) is 0. The normalized spacial score (nSPS) is 18.3. The molecule has 0 aromatic heterocycles. The SMILES string of the molecule is CC(=O)C(C)N(CCC#N)C1CC1. The van der Waals surface area contributed by atoms with Gasteiger partial charge in [-0.2, -0.15) is 5.26 Å². The lowest BCUT2D eigenvalue weighted by Gasteiger charge is -2.26. The first-order valence-corrected chi connectivity index (χ1v) is 4.80. The molecule has 0 saturated heterocycles. The van der Waals surface area contributed by atoms with Gasteiger partial charge in [0.1, 0.15) is 5.78 Å². The Hall–Kier alpha value is -0.880. The average molecular weight is 180 g/mol. The van der Waals surface area contributed by atoms with Crippen LogP contribution < -0.4 is 0 Å². The van der Waals surface area contributed by atoms with E-state index < -0.39 is 0 Å². The Morgan fingerprint density at radius 3 is 2.69 bits per heavy atom. The standard InChI is InChI=1S/C10H16N2O/c1-8(9(2)13)12(7-3-6-11)10-4-5-10/h8,10H,3-5,7H2,1-2H3. The summed E-state index contributed by atoms with van der Waals surface area (Å²) in [6.45, 7) is 4.28. The Balaban J connectivity index is 2.46. The molecule has 0 radical (unpaired) electrons. The summed E-state index contributed by atoms with van der Waals surface area (Å²) in [5.74, 6) is 0.199. The summed E-state index contributed by atoms with van der Waals surface area (Å²) in [5, 5.41) is 8.48. The van der Waals surface area contributed by atoms with E-state index in [1.165, 1.54) is 12.8 Å². The van der Waals surface area contributed by atoms with Gasteiger partial charge in [-0.15, -0.1) is 0 Å². The van der Waals surface area contributed by atoms with Crippen LogP contribution in [0.3, 0.4) is 0 Å². The molecule has 0 aliphatic heterocycles. The van der Waals surface area contributed by atoms with E-state index in [1.807, 2.05) is 6.92 Å². The first-order chi connectivity index (χ1) is 6.16. The smallest absolute Gasteiger partial charge is 0.146 e. The minimum absolute atomic E-state index is 0.0131. The molecule has 1 fully saturated rings. The second kappa shape index (κ2) is 4.38. The van der Waals surface area contributed by atoms with Crippen molar-refractivity contribution in [1.29, 1.82) is 5.26 Å². The zero-order valence-electron chi connectivity index (χ0n) is 8.29. The average Bonchev–Trinajstić information content (AvgIpc) is 2.88. The van der Waals surface area contributed by atoms with Gasteiger partial charge in [-0.25, -0.2) is 0 Å². The van der Waals surface area contributed by atoms with Crippen molar-refractivity contribution in [2.45, 2.75) is 45.2 Å². The van der Waals surface area contributed by atoms with Crippen molar-refractivity contribution in [3.63, 3.8) is 0 Å². The number of Topliss-reactive ketones (excluding diaryl/α,β-unsaturated/α-hetero) is 1. The number of nitrogens with zero attached hydrogens (tertiary/aromatic N) is 2. The van der Waals surface area contributed by atoms with Crippen LogP contribution in [-0.4, -0.2) is 29.3 Å². The molecule has 13 heavy (non-hydrogen) atoms. The first kappa shape index (κ1) is 10.2. The number of carbonyl (C=O) groups is 1. The first-order valence-electron chi connectivity index (χ1n) is 4.80. The largest absolute Gasteiger partial charge is 0.298 e. The van der Waals surface area contributed by atoms with Crippen LogP contribution in [0, 0.1) is 11.3 Å². The minimum atomic E-state index is -0.0131. The molecule has 1 atom stereocenters. The van der Waals surface area contributed by atoms with E-state index in [9.17, 15) is 4.79 Å². The summed E-state index contributed by atoms with van der Waals surface area (Å²) in [4.78, 5) is 13.3. The molecular weight excluding hydrogens is 164 g/mol. The zero-order valence-corrected chi connectivity index (χ0v) is 8.29. The summed E-state index contributed by atoms with van der Waals surface area (Å²) in [6, 6.07) is 2.67. The van der Waals surface area contributed by atoms with Gasteiger partial charge in [0.25, 0.3) is 0 Å². The molecule has 0 bridgehead atoms. The summed E-state index contributed by atoms with van der Waals surface area (Å²) in [5.41, 5.74) is 0. The third-order valence-electron chi connectivity index (χ3n) is 2.58. The van der Waals surface area contributed by atoms with Crippen molar-refractivity contribution in [3.8, 4) is 6.07 Å². The molecule has 0 spiro atoms. The predicted molar refractivity (Wildman–Crippen MR) is 50.1 cm³/mol. The number of hydrogen-bond acceptors (Lipinski definition) is 3. The van der Waals surface area contributed by atoms with Crippen molar-refractivity contribution in [1.82, 2.24) is 4.90 Å². The van der Waals surface area contributed by atoms with Crippen molar-refractivity contribution in [3.05, 3.63) is 0 Å². The van der Waals surface area contributed by atoms with Gasteiger partial charge in [-0.1, -0.05) is 0 Å². The van der Waals surface area contributed by atoms with Gasteiger partial charge >= 0.3 is 0 Å². The lowest BCUT2D eigenvalue weighted by atomic mass is 10.2. The number of nitriles is 1. The predicted octanol–water partition coefficient (Wildman–Crippen LogP) is 1.34. The van der Waals surface area contributed by atoms with Crippen LogP contribution in [-0.2, 0) is 4.79 Å². The van der Waals surface area contributed by atoms with Gasteiger partial charge in [0.05, 0.1) is 12.1 Å². The Bertz CT molecular complexity index is 228. The van der Waals surface area contributed by atoms with Crippen LogP contribution in [0.4, 0.5) is 0 Å². The summed E-state index contributed by atoms with van der Waals surface area (Å²) < 4.78 is 0. The molecule has 0 aromatic rings. The Kier molecular flexibility index (Phi) is 3.44. The number of rotatable bonds is 5. The topological polar surface area (TPSA) is 44.1 Å². The van der Waals surface area contributed by atoms with E-state index in [2.05, 4.69) is 11.0 Å². The Morgan fingerprint density at radius 1 is 1.69 bits per heavy atom. The maximum absolute atomic E-state index is 11.2. The molecular formula is C10H16N2O. The Morgan fingerprint density at radius 2 is 2.31 bits per heavy atom. The molecule has 1 unspecified atom stereocenters. The van der Waals surface area contributed by atoms with Gasteiger partial charge in [-0.3, -0.25) is 9.69 Å². The second-order valence-electron chi connectivity index (χ2n) is 3.66. The van der Waals surface area contributed by atoms with Gasteiger partial charge in [0.2, 0.25) is 0 Å². The molecule has 3 heteroatoms. The number of carbonyl (C=O) groups excluding carboxylic acids is 1. The molecule has 1 rings (SSSR count). The van der Waals surface area contributed by atoms with Crippen LogP contribution >= 0.6 is 0 Å². The van der Waals surface area contributed by atoms with Crippen LogP contribution in [0.2, 0.25) is 0 Å². The third-order valence-corrected chi connectivity index (χ3v) is 2.58. The molecule has 0 aromatic carbocycles. The van der Waals surface area contributed by atoms with E-state index in [0.717, 1.165) is 6.54 Å². The van der Waals surface area contributed by atoms with Crippen molar-refractivity contribution in [2.24, 2.45) is 0 Å². The highest BCUT2D eigenvalue weighted by Crippen LogP contribution is 2.28. The Labute approximate surface area is 79.3 Å². The zero-order chi connectivity index (χ0) is 9.84. The van der Waals surface area contributed by atoms with E-state index in [1.54, 1.807) is 6.92 Å². The van der Waals surface area contributed by atoms with E-state index in [0.29, 0.717) is 12.5 Å². The fraction of sp³-hybridized carbons (Fsp3) is 0.800. The van der Waals surface area contributed by atoms with E-state index >= 15 is 0 Å². The van der Waals surface area contributed by atoms with Crippen LogP contribution in [0.25, 0.3) is 0 Å². The maximum Gasteiger partial charge on any atom is 0.146 e.